The summed E-state index contributed by atoms with van der Waals surface area (Å²) in [4.78, 5) is 14.8. The van der Waals surface area contributed by atoms with Crippen molar-refractivity contribution in [1.29, 1.82) is 0 Å². The SMILES string of the molecule is CCOc1cc2c(cc1OCC)CN(C(=O)C1CC1c1ccccc1C(F)(F)F)CC2. The monoisotopic (exact) mass is 433 g/mol. The van der Waals surface area contributed by atoms with E-state index in [1.807, 2.05) is 26.0 Å². The molecule has 1 saturated carbocycles. The summed E-state index contributed by atoms with van der Waals surface area (Å²) in [5.74, 6) is 0.527. The molecule has 2 aromatic rings. The van der Waals surface area contributed by atoms with Gasteiger partial charge in [0.25, 0.3) is 0 Å². The third kappa shape index (κ3) is 4.36. The van der Waals surface area contributed by atoms with Crippen LogP contribution in [0.2, 0.25) is 0 Å². The lowest BCUT2D eigenvalue weighted by Gasteiger charge is -2.30. The van der Waals surface area contributed by atoms with Crippen LogP contribution in [0.15, 0.2) is 36.4 Å². The van der Waals surface area contributed by atoms with Crippen molar-refractivity contribution in [3.8, 4) is 11.5 Å². The van der Waals surface area contributed by atoms with Gasteiger partial charge in [0.15, 0.2) is 11.5 Å². The first-order chi connectivity index (χ1) is 14.8. The van der Waals surface area contributed by atoms with Crippen LogP contribution >= 0.6 is 0 Å². The first-order valence-corrected chi connectivity index (χ1v) is 10.7. The lowest BCUT2D eigenvalue weighted by molar-refractivity contribution is -0.138. The molecule has 2 aromatic carbocycles. The molecule has 1 fully saturated rings. The molecule has 0 saturated heterocycles. The van der Waals surface area contributed by atoms with E-state index in [1.165, 1.54) is 12.1 Å². The lowest BCUT2D eigenvalue weighted by atomic mass is 9.97. The van der Waals surface area contributed by atoms with Gasteiger partial charge in [-0.3, -0.25) is 4.79 Å². The second-order valence-electron chi connectivity index (χ2n) is 7.98. The van der Waals surface area contributed by atoms with Gasteiger partial charge in [-0.1, -0.05) is 18.2 Å². The van der Waals surface area contributed by atoms with Crippen LogP contribution in [0.5, 0.6) is 11.5 Å². The van der Waals surface area contributed by atoms with E-state index in [-0.39, 0.29) is 23.3 Å². The molecule has 0 bridgehead atoms. The number of rotatable bonds is 6. The van der Waals surface area contributed by atoms with Gasteiger partial charge in [0, 0.05) is 19.0 Å². The van der Waals surface area contributed by atoms with E-state index in [4.69, 9.17) is 9.47 Å². The molecule has 2 unspecified atom stereocenters. The van der Waals surface area contributed by atoms with Gasteiger partial charge in [0.05, 0.1) is 18.8 Å². The Labute approximate surface area is 180 Å². The molecule has 1 aliphatic heterocycles. The third-order valence-electron chi connectivity index (χ3n) is 5.96. The largest absolute Gasteiger partial charge is 0.490 e. The molecule has 0 radical (unpaired) electrons. The molecule has 7 heteroatoms. The zero-order valence-electron chi connectivity index (χ0n) is 17.7. The highest BCUT2D eigenvalue weighted by molar-refractivity contribution is 5.83. The van der Waals surface area contributed by atoms with Crippen molar-refractivity contribution in [2.75, 3.05) is 19.8 Å². The van der Waals surface area contributed by atoms with Crippen LogP contribution in [0.3, 0.4) is 0 Å². The fraction of sp³-hybridized carbons (Fsp3) is 0.458. The number of benzene rings is 2. The van der Waals surface area contributed by atoms with E-state index in [2.05, 4.69) is 0 Å². The molecule has 166 valence electrons. The molecule has 1 heterocycles. The average molecular weight is 433 g/mol. The fourth-order valence-electron chi connectivity index (χ4n) is 4.41. The number of amides is 1. The van der Waals surface area contributed by atoms with Crippen LogP contribution < -0.4 is 9.47 Å². The maximum absolute atomic E-state index is 13.4. The summed E-state index contributed by atoms with van der Waals surface area (Å²) in [5, 5.41) is 0. The van der Waals surface area contributed by atoms with Crippen molar-refractivity contribution in [3.63, 3.8) is 0 Å². The Hall–Kier alpha value is -2.70. The van der Waals surface area contributed by atoms with Crippen molar-refractivity contribution in [2.45, 2.75) is 45.3 Å². The van der Waals surface area contributed by atoms with Crippen LogP contribution in [0.25, 0.3) is 0 Å². The number of fused-ring (bicyclic) bond motifs is 1. The second kappa shape index (κ2) is 8.44. The topological polar surface area (TPSA) is 38.8 Å². The van der Waals surface area contributed by atoms with Crippen LogP contribution in [0.1, 0.15) is 48.4 Å². The summed E-state index contributed by atoms with van der Waals surface area (Å²) in [5.41, 5.74) is 1.71. The van der Waals surface area contributed by atoms with E-state index in [9.17, 15) is 18.0 Å². The predicted molar refractivity (Wildman–Crippen MR) is 110 cm³/mol. The van der Waals surface area contributed by atoms with Crippen LogP contribution in [0.4, 0.5) is 13.2 Å². The quantitative estimate of drug-likeness (QED) is 0.629. The van der Waals surface area contributed by atoms with Crippen LogP contribution in [-0.4, -0.2) is 30.6 Å². The van der Waals surface area contributed by atoms with Gasteiger partial charge in [0.1, 0.15) is 0 Å². The van der Waals surface area contributed by atoms with Gasteiger partial charge >= 0.3 is 6.18 Å². The molecule has 0 aromatic heterocycles. The van der Waals surface area contributed by atoms with E-state index < -0.39 is 11.7 Å². The number of nitrogens with zero attached hydrogens (tertiary/aromatic N) is 1. The lowest BCUT2D eigenvalue weighted by Crippen LogP contribution is -2.37. The highest BCUT2D eigenvalue weighted by atomic mass is 19.4. The molecule has 31 heavy (non-hydrogen) atoms. The smallest absolute Gasteiger partial charge is 0.416 e. The van der Waals surface area contributed by atoms with Crippen LogP contribution in [-0.2, 0) is 23.9 Å². The number of carbonyl (C=O) groups excluding carboxylic acids is 1. The minimum Gasteiger partial charge on any atom is -0.490 e. The minimum absolute atomic E-state index is 0.0699. The van der Waals surface area contributed by atoms with Crippen molar-refractivity contribution in [1.82, 2.24) is 4.90 Å². The normalized spacial score (nSPS) is 20.2. The summed E-state index contributed by atoms with van der Waals surface area (Å²) in [6, 6.07) is 9.48. The highest BCUT2D eigenvalue weighted by Gasteiger charge is 2.49. The van der Waals surface area contributed by atoms with Crippen molar-refractivity contribution in [3.05, 3.63) is 58.7 Å². The zero-order chi connectivity index (χ0) is 22.2. The van der Waals surface area contributed by atoms with Crippen molar-refractivity contribution >= 4 is 5.91 Å². The molecule has 2 aliphatic rings. The Bertz CT molecular complexity index is 973. The molecule has 1 aliphatic carbocycles. The number of alkyl halides is 3. The van der Waals surface area contributed by atoms with Gasteiger partial charge in [0.2, 0.25) is 5.91 Å². The highest BCUT2D eigenvalue weighted by Crippen LogP contribution is 2.52. The standard InChI is InChI=1S/C24H26F3NO3/c1-3-30-21-11-15-9-10-28(14-16(15)12-22(21)31-4-2)23(29)19-13-18(19)17-7-5-6-8-20(17)24(25,26)27/h5-8,11-12,18-19H,3-4,9-10,13-14H2,1-2H3. The summed E-state index contributed by atoms with van der Waals surface area (Å²) >= 11 is 0. The second-order valence-corrected chi connectivity index (χ2v) is 7.98. The summed E-state index contributed by atoms with van der Waals surface area (Å²) < 4.78 is 51.4. The van der Waals surface area contributed by atoms with Gasteiger partial charge < -0.3 is 14.4 Å². The molecule has 0 N–H and O–H groups in total. The fourth-order valence-corrected chi connectivity index (χ4v) is 4.41. The van der Waals surface area contributed by atoms with E-state index in [1.54, 1.807) is 11.0 Å². The molecular weight excluding hydrogens is 407 g/mol. The minimum atomic E-state index is -4.41. The summed E-state index contributed by atoms with van der Waals surface area (Å²) in [6.07, 6.45) is -3.27. The van der Waals surface area contributed by atoms with Crippen LogP contribution in [0, 0.1) is 5.92 Å². The average Bonchev–Trinajstić information content (AvgIpc) is 3.54. The number of hydrogen-bond donors (Lipinski definition) is 0. The predicted octanol–water partition coefficient (Wildman–Crippen LogP) is 5.19. The van der Waals surface area contributed by atoms with E-state index >= 15 is 0 Å². The van der Waals surface area contributed by atoms with Gasteiger partial charge in [-0.05, 0) is 67.5 Å². The molecule has 4 rings (SSSR count). The van der Waals surface area contributed by atoms with Gasteiger partial charge in [-0.25, -0.2) is 0 Å². The number of ether oxygens (including phenoxy) is 2. The van der Waals surface area contributed by atoms with E-state index in [0.717, 1.165) is 17.2 Å². The molecule has 1 amide bonds. The molecule has 0 spiro atoms. The summed E-state index contributed by atoms with van der Waals surface area (Å²) in [6.45, 7) is 5.84. The van der Waals surface area contributed by atoms with Gasteiger partial charge in [-0.2, -0.15) is 13.2 Å². The number of carbonyl (C=O) groups is 1. The van der Waals surface area contributed by atoms with Crippen molar-refractivity contribution < 1.29 is 27.4 Å². The number of halogens is 3. The Morgan fingerprint density at radius 3 is 2.35 bits per heavy atom. The zero-order valence-corrected chi connectivity index (χ0v) is 17.7. The summed E-state index contributed by atoms with van der Waals surface area (Å²) in [7, 11) is 0. The maximum Gasteiger partial charge on any atom is 0.416 e. The van der Waals surface area contributed by atoms with Crippen molar-refractivity contribution in [2.24, 2.45) is 5.92 Å². The maximum atomic E-state index is 13.4. The third-order valence-corrected chi connectivity index (χ3v) is 5.96. The molecular formula is C24H26F3NO3. The Balaban J connectivity index is 1.50. The van der Waals surface area contributed by atoms with Gasteiger partial charge in [-0.15, -0.1) is 0 Å². The number of hydrogen-bond acceptors (Lipinski definition) is 3. The molecule has 4 nitrogen and oxygen atoms in total. The Kier molecular flexibility index (Phi) is 5.86. The Morgan fingerprint density at radius 1 is 1.06 bits per heavy atom. The molecule has 2 atom stereocenters. The Morgan fingerprint density at radius 2 is 1.71 bits per heavy atom. The first-order valence-electron chi connectivity index (χ1n) is 10.7. The van der Waals surface area contributed by atoms with E-state index in [0.29, 0.717) is 50.6 Å². The first kappa shape index (κ1) is 21.5.